The largest absolute Gasteiger partial charge is 0.493 e. The third kappa shape index (κ3) is 3.47. The molecule has 0 saturated heterocycles. The topological polar surface area (TPSA) is 35.5 Å². The molecule has 0 radical (unpaired) electrons. The zero-order chi connectivity index (χ0) is 18.1. The second kappa shape index (κ2) is 6.94. The first-order valence-electron chi connectivity index (χ1n) is 7.45. The van der Waals surface area contributed by atoms with Crippen LogP contribution >= 0.6 is 0 Å². The van der Waals surface area contributed by atoms with Gasteiger partial charge in [0, 0.05) is 11.5 Å². The molecule has 0 heterocycles. The van der Waals surface area contributed by atoms with Crippen LogP contribution in [0.15, 0.2) is 12.1 Å². The smallest absolute Gasteiger partial charge is 0.391 e. The van der Waals surface area contributed by atoms with E-state index in [0.29, 0.717) is 0 Å². The minimum absolute atomic E-state index is 0.0215. The lowest BCUT2D eigenvalue weighted by Crippen LogP contribution is -2.22. The Morgan fingerprint density at radius 1 is 1.25 bits per heavy atom. The Bertz CT molecular complexity index is 614. The first-order chi connectivity index (χ1) is 11.2. The van der Waals surface area contributed by atoms with Gasteiger partial charge in [0.2, 0.25) is 5.82 Å². The quantitative estimate of drug-likeness (QED) is 0.602. The van der Waals surface area contributed by atoms with E-state index in [-0.39, 0.29) is 12.2 Å². The summed E-state index contributed by atoms with van der Waals surface area (Å²) in [6.45, 7) is 1.56. The second-order valence-electron chi connectivity index (χ2n) is 5.66. The zero-order valence-corrected chi connectivity index (χ0v) is 13.1. The number of hydrogen-bond acceptors (Lipinski definition) is 3. The number of benzene rings is 1. The maximum Gasteiger partial charge on any atom is 0.391 e. The average molecular weight is 352 g/mol. The molecule has 1 aromatic carbocycles. The Labute approximate surface area is 135 Å². The van der Waals surface area contributed by atoms with E-state index in [4.69, 9.17) is 9.47 Å². The third-order valence-corrected chi connectivity index (χ3v) is 4.30. The summed E-state index contributed by atoms with van der Waals surface area (Å²) >= 11 is 0. The summed E-state index contributed by atoms with van der Waals surface area (Å²) in [5, 5.41) is 0. The van der Waals surface area contributed by atoms with E-state index in [0.717, 1.165) is 19.2 Å². The molecule has 1 fully saturated rings. The molecule has 1 aliphatic carbocycles. The lowest BCUT2D eigenvalue weighted by Gasteiger charge is -2.21. The first kappa shape index (κ1) is 18.5. The lowest BCUT2D eigenvalue weighted by molar-refractivity contribution is -0.174. The summed E-state index contributed by atoms with van der Waals surface area (Å²) < 4.78 is 76.2. The van der Waals surface area contributed by atoms with Crippen LogP contribution in [-0.4, -0.2) is 25.9 Å². The van der Waals surface area contributed by atoms with Crippen LogP contribution in [0.5, 0.6) is 5.75 Å². The molecule has 2 unspecified atom stereocenters. The van der Waals surface area contributed by atoms with Crippen molar-refractivity contribution in [1.82, 2.24) is 0 Å². The number of carbonyl (C=O) groups excluding carboxylic acids is 1. The minimum atomic E-state index is -4.48. The van der Waals surface area contributed by atoms with Crippen molar-refractivity contribution in [3.63, 3.8) is 0 Å². The van der Waals surface area contributed by atoms with Gasteiger partial charge in [-0.05, 0) is 25.8 Å². The molecule has 134 valence electrons. The van der Waals surface area contributed by atoms with Crippen molar-refractivity contribution in [1.29, 1.82) is 0 Å². The standard InChI is InChI=1S/C16H17F5O3/c1-3-24-15(22)11-7-8(16(19,20)21)6-10(11)9-4-5-12(17)13(18)14(9)23-2/h4-5,8,10-11H,3,6-7H2,1-2H3/t8-,10?,11?/m0/s1. The highest BCUT2D eigenvalue weighted by Crippen LogP contribution is 2.51. The van der Waals surface area contributed by atoms with Gasteiger partial charge in [-0.1, -0.05) is 6.07 Å². The highest BCUT2D eigenvalue weighted by molar-refractivity contribution is 5.74. The number of ether oxygens (including phenoxy) is 2. The molecule has 3 nitrogen and oxygen atoms in total. The lowest BCUT2D eigenvalue weighted by atomic mass is 9.88. The predicted octanol–water partition coefficient (Wildman–Crippen LogP) is 4.21. The molecule has 0 N–H and O–H groups in total. The van der Waals surface area contributed by atoms with Crippen LogP contribution in [0.1, 0.15) is 31.2 Å². The van der Waals surface area contributed by atoms with Crippen LogP contribution in [0.25, 0.3) is 0 Å². The fraction of sp³-hybridized carbons (Fsp3) is 0.562. The normalized spacial score (nSPS) is 24.0. The summed E-state index contributed by atoms with van der Waals surface area (Å²) in [5.74, 6) is -7.47. The Morgan fingerprint density at radius 2 is 1.92 bits per heavy atom. The van der Waals surface area contributed by atoms with Gasteiger partial charge in [-0.3, -0.25) is 4.79 Å². The summed E-state index contributed by atoms with van der Waals surface area (Å²) in [5.41, 5.74) is 0.0428. The van der Waals surface area contributed by atoms with E-state index in [1.165, 1.54) is 0 Å². The molecular weight excluding hydrogens is 335 g/mol. The number of rotatable bonds is 4. The number of hydrogen-bond donors (Lipinski definition) is 0. The van der Waals surface area contributed by atoms with Gasteiger partial charge in [-0.2, -0.15) is 17.6 Å². The highest BCUT2D eigenvalue weighted by atomic mass is 19.4. The molecular formula is C16H17F5O3. The van der Waals surface area contributed by atoms with Gasteiger partial charge in [0.15, 0.2) is 11.6 Å². The second-order valence-corrected chi connectivity index (χ2v) is 5.66. The van der Waals surface area contributed by atoms with Crippen molar-refractivity contribution in [2.45, 2.75) is 31.9 Å². The number of carbonyl (C=O) groups is 1. The Morgan fingerprint density at radius 3 is 2.46 bits per heavy atom. The van der Waals surface area contributed by atoms with Crippen molar-refractivity contribution in [3.05, 3.63) is 29.3 Å². The Hall–Kier alpha value is -1.86. The van der Waals surface area contributed by atoms with E-state index >= 15 is 0 Å². The van der Waals surface area contributed by atoms with Crippen LogP contribution in [0.4, 0.5) is 22.0 Å². The molecule has 1 saturated carbocycles. The molecule has 8 heteroatoms. The summed E-state index contributed by atoms with van der Waals surface area (Å²) in [6.07, 6.45) is -5.34. The maximum atomic E-state index is 13.9. The molecule has 0 aliphatic heterocycles. The summed E-state index contributed by atoms with van der Waals surface area (Å²) in [6, 6.07) is 1.98. The van der Waals surface area contributed by atoms with Crippen LogP contribution in [0, 0.1) is 23.5 Å². The molecule has 0 aromatic heterocycles. The van der Waals surface area contributed by atoms with E-state index in [9.17, 15) is 26.7 Å². The van der Waals surface area contributed by atoms with Crippen molar-refractivity contribution < 1.29 is 36.2 Å². The van der Waals surface area contributed by atoms with Gasteiger partial charge in [-0.25, -0.2) is 4.39 Å². The Balaban J connectivity index is 2.45. The zero-order valence-electron chi connectivity index (χ0n) is 13.1. The van der Waals surface area contributed by atoms with Gasteiger partial charge in [0.1, 0.15) is 0 Å². The fourth-order valence-electron chi connectivity index (χ4n) is 3.20. The van der Waals surface area contributed by atoms with Crippen LogP contribution in [0.2, 0.25) is 0 Å². The molecule has 0 spiro atoms. The molecule has 24 heavy (non-hydrogen) atoms. The summed E-state index contributed by atoms with van der Waals surface area (Å²) in [4.78, 5) is 12.1. The number of halogens is 5. The molecule has 0 amide bonds. The number of methoxy groups -OCH3 is 1. The van der Waals surface area contributed by atoms with Crippen molar-refractivity contribution in [2.75, 3.05) is 13.7 Å². The average Bonchev–Trinajstić information content (AvgIpc) is 2.95. The molecule has 3 atom stereocenters. The van der Waals surface area contributed by atoms with Gasteiger partial charge in [0.05, 0.1) is 25.6 Å². The Kier molecular flexibility index (Phi) is 5.35. The van der Waals surface area contributed by atoms with E-state index in [2.05, 4.69) is 0 Å². The van der Waals surface area contributed by atoms with E-state index in [1.807, 2.05) is 0 Å². The third-order valence-electron chi connectivity index (χ3n) is 4.30. The van der Waals surface area contributed by atoms with Crippen LogP contribution in [-0.2, 0) is 9.53 Å². The van der Waals surface area contributed by atoms with Gasteiger partial charge in [-0.15, -0.1) is 0 Å². The SMILES string of the molecule is CCOC(=O)C1C[C@@H](C(F)(F)F)CC1c1ccc(F)c(F)c1OC. The van der Waals surface area contributed by atoms with Crippen molar-refractivity contribution in [2.24, 2.45) is 11.8 Å². The molecule has 0 bridgehead atoms. The van der Waals surface area contributed by atoms with Crippen LogP contribution < -0.4 is 4.74 Å². The highest BCUT2D eigenvalue weighted by Gasteiger charge is 2.51. The minimum Gasteiger partial charge on any atom is -0.493 e. The number of esters is 1. The first-order valence-corrected chi connectivity index (χ1v) is 7.45. The van der Waals surface area contributed by atoms with Gasteiger partial charge < -0.3 is 9.47 Å². The molecule has 1 aromatic rings. The van der Waals surface area contributed by atoms with E-state index < -0.39 is 60.1 Å². The van der Waals surface area contributed by atoms with Crippen molar-refractivity contribution >= 4 is 5.97 Å². The van der Waals surface area contributed by atoms with E-state index in [1.54, 1.807) is 6.92 Å². The predicted molar refractivity (Wildman–Crippen MR) is 74.6 cm³/mol. The fourth-order valence-corrected chi connectivity index (χ4v) is 3.20. The van der Waals surface area contributed by atoms with Crippen molar-refractivity contribution in [3.8, 4) is 5.75 Å². The monoisotopic (exact) mass is 352 g/mol. The molecule has 2 rings (SSSR count). The molecule has 1 aliphatic rings. The number of alkyl halides is 3. The van der Waals surface area contributed by atoms with Crippen LogP contribution in [0.3, 0.4) is 0 Å². The van der Waals surface area contributed by atoms with Gasteiger partial charge >= 0.3 is 12.1 Å². The maximum absolute atomic E-state index is 13.9. The summed E-state index contributed by atoms with van der Waals surface area (Å²) in [7, 11) is 1.09. The van der Waals surface area contributed by atoms with Gasteiger partial charge in [0.25, 0.3) is 0 Å².